The van der Waals surface area contributed by atoms with Gasteiger partial charge in [0.2, 0.25) is 0 Å². The van der Waals surface area contributed by atoms with Crippen molar-refractivity contribution in [2.75, 3.05) is 19.0 Å². The van der Waals surface area contributed by atoms with E-state index in [1.54, 1.807) is 54.1 Å². The maximum atomic E-state index is 12.9. The fourth-order valence-electron chi connectivity index (χ4n) is 2.53. The molecule has 0 fully saturated rings. The summed E-state index contributed by atoms with van der Waals surface area (Å²) in [5, 5.41) is 5.46. The number of hydrogen-bond acceptors (Lipinski definition) is 4. The van der Waals surface area contributed by atoms with E-state index in [2.05, 4.69) is 11.4 Å². The highest BCUT2D eigenvalue weighted by Gasteiger charge is 2.17. The number of carbonyl (C=O) groups is 1. The van der Waals surface area contributed by atoms with Crippen molar-refractivity contribution >= 4 is 34.7 Å². The highest BCUT2D eigenvalue weighted by molar-refractivity contribution is 7.09. The lowest BCUT2D eigenvalue weighted by molar-refractivity contribution is 0.209. The molecule has 3 rings (SSSR count). The number of carbonyl (C=O) groups excluding carboxylic acids is 1. The van der Waals surface area contributed by atoms with Crippen LogP contribution in [0.15, 0.2) is 58.7 Å². The van der Waals surface area contributed by atoms with Crippen LogP contribution in [0.4, 0.5) is 10.5 Å². The maximum absolute atomic E-state index is 12.9. The number of benzene rings is 1. The fourth-order valence-corrected chi connectivity index (χ4v) is 3.40. The second-order valence-corrected chi connectivity index (χ2v) is 7.13. The normalized spacial score (nSPS) is 10.5. The maximum Gasteiger partial charge on any atom is 0.322 e. The lowest BCUT2D eigenvalue weighted by Crippen LogP contribution is -2.36. The average molecular weight is 391 g/mol. The van der Waals surface area contributed by atoms with Crippen molar-refractivity contribution in [1.82, 2.24) is 4.90 Å². The van der Waals surface area contributed by atoms with Gasteiger partial charge in [-0.2, -0.15) is 0 Å². The second kappa shape index (κ2) is 8.78. The van der Waals surface area contributed by atoms with E-state index in [-0.39, 0.29) is 6.03 Å². The zero-order valence-electron chi connectivity index (χ0n) is 14.3. The number of anilines is 1. The predicted molar refractivity (Wildman–Crippen MR) is 104 cm³/mol. The molecule has 26 heavy (non-hydrogen) atoms. The van der Waals surface area contributed by atoms with Gasteiger partial charge in [-0.15, -0.1) is 11.3 Å². The first kappa shape index (κ1) is 18.4. The number of urea groups is 1. The number of halogens is 1. The smallest absolute Gasteiger partial charge is 0.322 e. The van der Waals surface area contributed by atoms with Crippen molar-refractivity contribution in [2.24, 2.45) is 0 Å². The summed E-state index contributed by atoms with van der Waals surface area (Å²) >= 11 is 7.73. The molecule has 3 aromatic rings. The number of hydrogen-bond donors (Lipinski definition) is 1. The first-order valence-corrected chi connectivity index (χ1v) is 9.34. The van der Waals surface area contributed by atoms with Crippen LogP contribution in [0.3, 0.4) is 0 Å². The molecule has 0 unspecified atom stereocenters. The third-order valence-electron chi connectivity index (χ3n) is 3.85. The van der Waals surface area contributed by atoms with E-state index < -0.39 is 0 Å². The molecule has 0 atom stereocenters. The van der Waals surface area contributed by atoms with Crippen LogP contribution in [0.2, 0.25) is 5.02 Å². The van der Waals surface area contributed by atoms with E-state index in [1.165, 1.54) is 4.88 Å². The average Bonchev–Trinajstić information content (AvgIpc) is 3.32. The number of nitrogens with one attached hydrogen (secondary N) is 1. The summed E-state index contributed by atoms with van der Waals surface area (Å²) in [6.45, 7) is 1.04. The Morgan fingerprint density at radius 1 is 1.35 bits per heavy atom. The molecule has 0 aliphatic carbocycles. The number of amides is 2. The minimum atomic E-state index is -0.219. The number of furan rings is 1. The molecule has 0 spiro atoms. The van der Waals surface area contributed by atoms with Crippen molar-refractivity contribution in [2.45, 2.75) is 13.0 Å². The van der Waals surface area contributed by atoms with E-state index in [0.29, 0.717) is 29.5 Å². The second-order valence-electron chi connectivity index (χ2n) is 5.66. The molecular formula is C19H19ClN2O3S. The first-order chi connectivity index (χ1) is 12.7. The monoisotopic (exact) mass is 390 g/mol. The van der Waals surface area contributed by atoms with Crippen LogP contribution in [0, 0.1) is 0 Å². The predicted octanol–water partition coefficient (Wildman–Crippen LogP) is 5.28. The topological polar surface area (TPSA) is 54.7 Å². The third kappa shape index (κ3) is 4.80. The van der Waals surface area contributed by atoms with Crippen molar-refractivity contribution in [3.8, 4) is 5.75 Å². The molecular weight excluding hydrogens is 372 g/mol. The summed E-state index contributed by atoms with van der Waals surface area (Å²) in [6, 6.07) is 10.8. The molecule has 2 aromatic heterocycles. The number of rotatable bonds is 7. The molecule has 2 heterocycles. The highest BCUT2D eigenvalue weighted by atomic mass is 35.5. The van der Waals surface area contributed by atoms with Crippen molar-refractivity contribution in [3.63, 3.8) is 0 Å². The first-order valence-electron chi connectivity index (χ1n) is 8.08. The van der Waals surface area contributed by atoms with E-state index in [4.69, 9.17) is 20.8 Å². The summed E-state index contributed by atoms with van der Waals surface area (Å²) in [5.74, 6) is 0.560. The Morgan fingerprint density at radius 3 is 2.92 bits per heavy atom. The van der Waals surface area contributed by atoms with Crippen LogP contribution in [0.25, 0.3) is 0 Å². The van der Waals surface area contributed by atoms with Gasteiger partial charge in [0.1, 0.15) is 5.75 Å². The Balaban J connectivity index is 1.74. The minimum absolute atomic E-state index is 0.219. The molecule has 136 valence electrons. The standard InChI is InChI=1S/C19H19ClN2O3S/c1-24-18-5-4-15(20)11-17(18)21-19(23)22(12-14-7-9-25-13-14)8-6-16-3-2-10-26-16/h2-5,7,9-11,13H,6,8,12H2,1H3,(H,21,23). The van der Waals surface area contributed by atoms with Crippen molar-refractivity contribution in [3.05, 3.63) is 69.8 Å². The Kier molecular flexibility index (Phi) is 6.20. The van der Waals surface area contributed by atoms with Crippen molar-refractivity contribution < 1.29 is 13.9 Å². The molecule has 0 saturated carbocycles. The van der Waals surface area contributed by atoms with Gasteiger partial charge in [0.25, 0.3) is 0 Å². The fraction of sp³-hybridized carbons (Fsp3) is 0.211. The minimum Gasteiger partial charge on any atom is -0.495 e. The van der Waals surface area contributed by atoms with Crippen LogP contribution in [0.5, 0.6) is 5.75 Å². The Bertz CT molecular complexity index is 835. The summed E-state index contributed by atoms with van der Waals surface area (Å²) < 4.78 is 10.4. The number of nitrogens with zero attached hydrogens (tertiary/aromatic N) is 1. The van der Waals surface area contributed by atoms with Crippen LogP contribution >= 0.6 is 22.9 Å². The van der Waals surface area contributed by atoms with Crippen LogP contribution in [-0.2, 0) is 13.0 Å². The molecule has 0 aliphatic rings. The molecule has 2 amide bonds. The van der Waals surface area contributed by atoms with Crippen molar-refractivity contribution in [1.29, 1.82) is 0 Å². The number of ether oxygens (including phenoxy) is 1. The Morgan fingerprint density at radius 2 is 2.23 bits per heavy atom. The van der Waals surface area contributed by atoms with E-state index in [9.17, 15) is 4.79 Å². The largest absolute Gasteiger partial charge is 0.495 e. The number of methoxy groups -OCH3 is 1. The van der Waals surface area contributed by atoms with Gasteiger partial charge in [-0.1, -0.05) is 17.7 Å². The molecule has 0 saturated heterocycles. The van der Waals surface area contributed by atoms with Gasteiger partial charge in [-0.05, 0) is 42.1 Å². The Labute approximate surface area is 161 Å². The van der Waals surface area contributed by atoms with Gasteiger partial charge in [-0.25, -0.2) is 4.79 Å². The molecule has 0 aliphatic heterocycles. The van der Waals surface area contributed by atoms with Gasteiger partial charge in [0, 0.05) is 22.0 Å². The molecule has 1 aromatic carbocycles. The van der Waals surface area contributed by atoms with Crippen LogP contribution in [0.1, 0.15) is 10.4 Å². The summed E-state index contributed by atoms with van der Waals surface area (Å²) in [5.41, 5.74) is 1.47. The van der Waals surface area contributed by atoms with Gasteiger partial charge >= 0.3 is 6.03 Å². The quantitative estimate of drug-likeness (QED) is 0.597. The Hall–Kier alpha value is -2.44. The molecule has 0 bridgehead atoms. The molecule has 0 radical (unpaired) electrons. The van der Waals surface area contributed by atoms with E-state index in [0.717, 1.165) is 12.0 Å². The number of thiophene rings is 1. The summed E-state index contributed by atoms with van der Waals surface area (Å²) in [4.78, 5) is 15.8. The van der Waals surface area contributed by atoms with E-state index in [1.807, 2.05) is 17.5 Å². The summed E-state index contributed by atoms with van der Waals surface area (Å²) in [6.07, 6.45) is 4.03. The van der Waals surface area contributed by atoms with Gasteiger partial charge in [0.05, 0.1) is 31.9 Å². The van der Waals surface area contributed by atoms with Gasteiger partial charge in [0.15, 0.2) is 0 Å². The molecule has 7 heteroatoms. The lowest BCUT2D eigenvalue weighted by Gasteiger charge is -2.23. The zero-order valence-corrected chi connectivity index (χ0v) is 15.8. The molecule has 5 nitrogen and oxygen atoms in total. The highest BCUT2D eigenvalue weighted by Crippen LogP contribution is 2.28. The van der Waals surface area contributed by atoms with Gasteiger partial charge < -0.3 is 19.4 Å². The van der Waals surface area contributed by atoms with Gasteiger partial charge in [-0.3, -0.25) is 0 Å². The van der Waals surface area contributed by atoms with Crippen LogP contribution < -0.4 is 10.1 Å². The van der Waals surface area contributed by atoms with E-state index >= 15 is 0 Å². The zero-order chi connectivity index (χ0) is 18.4. The molecule has 1 N–H and O–H groups in total. The lowest BCUT2D eigenvalue weighted by atomic mass is 10.2. The SMILES string of the molecule is COc1ccc(Cl)cc1NC(=O)N(CCc1cccs1)Cc1ccoc1. The van der Waals surface area contributed by atoms with Crippen LogP contribution in [-0.4, -0.2) is 24.6 Å². The summed E-state index contributed by atoms with van der Waals surface area (Å²) in [7, 11) is 1.55. The third-order valence-corrected chi connectivity index (χ3v) is 5.02.